The van der Waals surface area contributed by atoms with E-state index in [0.717, 1.165) is 32.1 Å². The summed E-state index contributed by atoms with van der Waals surface area (Å²) in [5.74, 6) is 0.763. The van der Waals surface area contributed by atoms with Gasteiger partial charge in [0.05, 0.1) is 11.7 Å². The second-order valence-corrected chi connectivity index (χ2v) is 5.53. The fraction of sp³-hybridized carbons (Fsp3) is 0.667. The largest absolute Gasteiger partial charge is 0.314 e. The molecule has 0 aromatic carbocycles. The molecule has 1 aromatic rings. The number of hydrogen-bond donors (Lipinski definition) is 1. The summed E-state index contributed by atoms with van der Waals surface area (Å²) in [6, 6.07) is 6.77. The molecule has 1 aliphatic heterocycles. The second kappa shape index (κ2) is 6.86. The summed E-state index contributed by atoms with van der Waals surface area (Å²) in [5.41, 5.74) is 1.24. The quantitative estimate of drug-likeness (QED) is 0.866. The van der Waals surface area contributed by atoms with E-state index in [1.807, 2.05) is 12.3 Å². The molecule has 1 aliphatic rings. The van der Waals surface area contributed by atoms with E-state index in [-0.39, 0.29) is 0 Å². The number of aromatic nitrogens is 1. The van der Waals surface area contributed by atoms with Crippen molar-refractivity contribution < 1.29 is 0 Å². The molecule has 3 nitrogen and oxygen atoms in total. The van der Waals surface area contributed by atoms with Crippen LogP contribution >= 0.6 is 0 Å². The first-order valence-corrected chi connectivity index (χ1v) is 7.13. The normalized spacial score (nSPS) is 19.1. The van der Waals surface area contributed by atoms with Crippen LogP contribution in [0.4, 0.5) is 0 Å². The van der Waals surface area contributed by atoms with Crippen molar-refractivity contribution in [3.8, 4) is 0 Å². The maximum atomic E-state index is 4.57. The van der Waals surface area contributed by atoms with Gasteiger partial charge in [-0.15, -0.1) is 0 Å². The van der Waals surface area contributed by atoms with Gasteiger partial charge in [0.2, 0.25) is 0 Å². The molecule has 0 amide bonds. The number of piperazine rings is 1. The monoisotopic (exact) mass is 247 g/mol. The van der Waals surface area contributed by atoms with E-state index in [1.165, 1.54) is 18.5 Å². The van der Waals surface area contributed by atoms with Gasteiger partial charge < -0.3 is 5.32 Å². The minimum atomic E-state index is 0.496. The first-order valence-electron chi connectivity index (χ1n) is 7.13. The summed E-state index contributed by atoms with van der Waals surface area (Å²) in [5, 5.41) is 3.42. The molecule has 0 unspecified atom stereocenters. The Morgan fingerprint density at radius 1 is 1.22 bits per heavy atom. The van der Waals surface area contributed by atoms with Crippen molar-refractivity contribution in [2.24, 2.45) is 5.92 Å². The van der Waals surface area contributed by atoms with E-state index in [1.54, 1.807) is 0 Å². The van der Waals surface area contributed by atoms with Gasteiger partial charge in [0.1, 0.15) is 0 Å². The van der Waals surface area contributed by atoms with Crippen LogP contribution in [0.3, 0.4) is 0 Å². The molecule has 0 bridgehead atoms. The minimum absolute atomic E-state index is 0.496. The molecule has 100 valence electrons. The Hall–Kier alpha value is -0.930. The van der Waals surface area contributed by atoms with Gasteiger partial charge in [0, 0.05) is 32.4 Å². The van der Waals surface area contributed by atoms with Crippen LogP contribution in [0.2, 0.25) is 0 Å². The van der Waals surface area contributed by atoms with Crippen LogP contribution in [-0.2, 0) is 0 Å². The Bertz CT molecular complexity index is 331. The van der Waals surface area contributed by atoms with Crippen molar-refractivity contribution in [1.29, 1.82) is 0 Å². The predicted octanol–water partition coefficient (Wildman–Crippen LogP) is 2.46. The maximum Gasteiger partial charge on any atom is 0.0575 e. The number of pyridine rings is 1. The zero-order valence-electron chi connectivity index (χ0n) is 11.6. The molecular weight excluding hydrogens is 222 g/mol. The van der Waals surface area contributed by atoms with Crippen molar-refractivity contribution in [3.63, 3.8) is 0 Å². The standard InChI is InChI=1S/C15H25N3/c1-13(2)6-7-15(14-5-3-4-8-17-14)18-11-9-16-10-12-18/h3-5,8,13,15-16H,6-7,9-12H2,1-2H3/t15-/m0/s1. The molecule has 1 N–H and O–H groups in total. The molecule has 0 saturated carbocycles. The van der Waals surface area contributed by atoms with Gasteiger partial charge >= 0.3 is 0 Å². The van der Waals surface area contributed by atoms with E-state index in [4.69, 9.17) is 0 Å². The highest BCUT2D eigenvalue weighted by atomic mass is 15.2. The summed E-state index contributed by atoms with van der Waals surface area (Å²) in [7, 11) is 0. The molecule has 1 fully saturated rings. The third-order valence-corrected chi connectivity index (χ3v) is 3.64. The molecule has 0 radical (unpaired) electrons. The topological polar surface area (TPSA) is 28.2 Å². The van der Waals surface area contributed by atoms with Gasteiger partial charge in [-0.2, -0.15) is 0 Å². The highest BCUT2D eigenvalue weighted by Crippen LogP contribution is 2.26. The summed E-state index contributed by atoms with van der Waals surface area (Å²) in [6.45, 7) is 9.08. The number of nitrogens with zero attached hydrogens (tertiary/aromatic N) is 2. The van der Waals surface area contributed by atoms with E-state index in [9.17, 15) is 0 Å². The third-order valence-electron chi connectivity index (χ3n) is 3.64. The molecule has 0 spiro atoms. The first kappa shape index (κ1) is 13.5. The summed E-state index contributed by atoms with van der Waals surface area (Å²) in [6.07, 6.45) is 4.40. The van der Waals surface area contributed by atoms with Crippen molar-refractivity contribution >= 4 is 0 Å². The molecular formula is C15H25N3. The van der Waals surface area contributed by atoms with E-state index >= 15 is 0 Å². The van der Waals surface area contributed by atoms with Gasteiger partial charge in [0.15, 0.2) is 0 Å². The van der Waals surface area contributed by atoms with Crippen LogP contribution in [0.1, 0.15) is 38.4 Å². The fourth-order valence-electron chi connectivity index (χ4n) is 2.58. The average molecular weight is 247 g/mol. The zero-order valence-corrected chi connectivity index (χ0v) is 11.6. The van der Waals surface area contributed by atoms with Crippen LogP contribution < -0.4 is 5.32 Å². The molecule has 2 heterocycles. The lowest BCUT2D eigenvalue weighted by Crippen LogP contribution is -2.45. The van der Waals surface area contributed by atoms with Crippen molar-refractivity contribution in [2.45, 2.75) is 32.7 Å². The van der Waals surface area contributed by atoms with Gasteiger partial charge in [-0.05, 0) is 30.9 Å². The highest BCUT2D eigenvalue weighted by Gasteiger charge is 2.22. The van der Waals surface area contributed by atoms with Gasteiger partial charge in [0.25, 0.3) is 0 Å². The SMILES string of the molecule is CC(C)CC[C@@H](c1ccccn1)N1CCNCC1. The van der Waals surface area contributed by atoms with Crippen LogP contribution in [0.25, 0.3) is 0 Å². The van der Waals surface area contributed by atoms with E-state index in [2.05, 4.69) is 41.2 Å². The van der Waals surface area contributed by atoms with Gasteiger partial charge in [-0.1, -0.05) is 19.9 Å². The summed E-state index contributed by atoms with van der Waals surface area (Å²) < 4.78 is 0. The molecule has 18 heavy (non-hydrogen) atoms. The van der Waals surface area contributed by atoms with Crippen LogP contribution in [-0.4, -0.2) is 36.1 Å². The van der Waals surface area contributed by atoms with E-state index in [0.29, 0.717) is 6.04 Å². The van der Waals surface area contributed by atoms with Gasteiger partial charge in [-0.25, -0.2) is 0 Å². The summed E-state index contributed by atoms with van der Waals surface area (Å²) in [4.78, 5) is 7.15. The maximum absolute atomic E-state index is 4.57. The van der Waals surface area contributed by atoms with Crippen molar-refractivity contribution in [3.05, 3.63) is 30.1 Å². The Kier molecular flexibility index (Phi) is 5.14. The molecule has 0 aliphatic carbocycles. The first-order chi connectivity index (χ1) is 8.77. The van der Waals surface area contributed by atoms with Crippen molar-refractivity contribution in [1.82, 2.24) is 15.2 Å². The average Bonchev–Trinajstić information content (AvgIpc) is 2.41. The zero-order chi connectivity index (χ0) is 12.8. The van der Waals surface area contributed by atoms with Crippen LogP contribution in [0.5, 0.6) is 0 Å². The molecule has 3 heteroatoms. The summed E-state index contributed by atoms with van der Waals surface area (Å²) >= 11 is 0. The number of nitrogens with one attached hydrogen (secondary N) is 1. The molecule has 1 saturated heterocycles. The molecule has 1 aromatic heterocycles. The minimum Gasteiger partial charge on any atom is -0.314 e. The lowest BCUT2D eigenvalue weighted by molar-refractivity contribution is 0.156. The van der Waals surface area contributed by atoms with Crippen molar-refractivity contribution in [2.75, 3.05) is 26.2 Å². The lowest BCUT2D eigenvalue weighted by atomic mass is 9.99. The molecule has 2 rings (SSSR count). The Balaban J connectivity index is 2.06. The number of rotatable bonds is 5. The predicted molar refractivity (Wildman–Crippen MR) is 75.5 cm³/mol. The second-order valence-electron chi connectivity index (χ2n) is 5.53. The molecule has 1 atom stereocenters. The van der Waals surface area contributed by atoms with E-state index < -0.39 is 0 Å². The Labute approximate surface area is 111 Å². The number of hydrogen-bond acceptors (Lipinski definition) is 3. The van der Waals surface area contributed by atoms with Gasteiger partial charge in [-0.3, -0.25) is 9.88 Å². The fourth-order valence-corrected chi connectivity index (χ4v) is 2.58. The van der Waals surface area contributed by atoms with Crippen LogP contribution in [0.15, 0.2) is 24.4 Å². The lowest BCUT2D eigenvalue weighted by Gasteiger charge is -2.35. The third kappa shape index (κ3) is 3.79. The van der Waals surface area contributed by atoms with Crippen LogP contribution in [0, 0.1) is 5.92 Å². The highest BCUT2D eigenvalue weighted by molar-refractivity contribution is 5.09. The Morgan fingerprint density at radius 2 is 2.00 bits per heavy atom. The smallest absolute Gasteiger partial charge is 0.0575 e. The Morgan fingerprint density at radius 3 is 2.61 bits per heavy atom.